The van der Waals surface area contributed by atoms with E-state index in [4.69, 9.17) is 0 Å². The van der Waals surface area contributed by atoms with Crippen LogP contribution in [0.25, 0.3) is 10.9 Å². The standard InChI is InChI=1S/C35H39FN6O3/c1-22-17-26(36)11-12-30(22)41-16-15-40(21-32(41)43)35(45)38-33(23(2)28-19-37-29-8-6-5-7-27(28)29)34(44)42-14-13-25-10-9-24(18-31(25)42)20-39(3)4/h5-12,17-19,23,33,37H,13-16,20-21H2,1-4H3,(H,38,45)/t23-,33-/m1/s1. The molecule has 2 atom stereocenters. The summed E-state index contributed by atoms with van der Waals surface area (Å²) in [6.45, 7) is 5.39. The molecule has 3 heterocycles. The number of aryl methyl sites for hydroxylation is 1. The maximum atomic E-state index is 14.5. The number of fused-ring (bicyclic) bond motifs is 2. The molecule has 0 aliphatic carbocycles. The summed E-state index contributed by atoms with van der Waals surface area (Å²) < 4.78 is 13.7. The first-order chi connectivity index (χ1) is 21.6. The Morgan fingerprint density at radius 1 is 1.02 bits per heavy atom. The van der Waals surface area contributed by atoms with Crippen molar-refractivity contribution < 1.29 is 18.8 Å². The predicted octanol–water partition coefficient (Wildman–Crippen LogP) is 4.80. The van der Waals surface area contributed by atoms with Crippen LogP contribution in [0.4, 0.5) is 20.6 Å². The Morgan fingerprint density at radius 3 is 2.58 bits per heavy atom. The van der Waals surface area contributed by atoms with Crippen LogP contribution < -0.4 is 15.1 Å². The van der Waals surface area contributed by atoms with Crippen LogP contribution >= 0.6 is 0 Å². The van der Waals surface area contributed by atoms with Crippen molar-refractivity contribution in [3.8, 4) is 0 Å². The number of piperazine rings is 1. The van der Waals surface area contributed by atoms with Gasteiger partial charge in [0.25, 0.3) is 0 Å². The van der Waals surface area contributed by atoms with Gasteiger partial charge in [-0.2, -0.15) is 0 Å². The molecule has 1 aromatic heterocycles. The summed E-state index contributed by atoms with van der Waals surface area (Å²) in [5.41, 5.74) is 6.25. The molecule has 0 unspecified atom stereocenters. The Hall–Kier alpha value is -4.70. The second-order valence-corrected chi connectivity index (χ2v) is 12.3. The molecule has 0 bridgehead atoms. The van der Waals surface area contributed by atoms with Gasteiger partial charge in [-0.1, -0.05) is 37.3 Å². The number of urea groups is 1. The van der Waals surface area contributed by atoms with Crippen molar-refractivity contribution in [1.82, 2.24) is 20.1 Å². The monoisotopic (exact) mass is 610 g/mol. The molecule has 10 heteroatoms. The molecule has 2 aliphatic rings. The molecule has 4 amide bonds. The van der Waals surface area contributed by atoms with Crippen LogP contribution in [0.15, 0.2) is 66.9 Å². The second-order valence-electron chi connectivity index (χ2n) is 12.3. The Bertz CT molecular complexity index is 1770. The number of nitrogens with zero attached hydrogens (tertiary/aromatic N) is 4. The van der Waals surface area contributed by atoms with Gasteiger partial charge in [0, 0.05) is 60.6 Å². The van der Waals surface area contributed by atoms with Gasteiger partial charge in [-0.3, -0.25) is 9.59 Å². The quantitative estimate of drug-likeness (QED) is 0.315. The number of hydrogen-bond donors (Lipinski definition) is 2. The fraction of sp³-hybridized carbons (Fsp3) is 0.343. The summed E-state index contributed by atoms with van der Waals surface area (Å²) in [7, 11) is 4.02. The topological polar surface area (TPSA) is 92.0 Å². The second kappa shape index (κ2) is 12.4. The van der Waals surface area contributed by atoms with E-state index < -0.39 is 12.1 Å². The van der Waals surface area contributed by atoms with Crippen LogP contribution in [0, 0.1) is 12.7 Å². The van der Waals surface area contributed by atoms with Crippen LogP contribution in [0.2, 0.25) is 0 Å². The Kier molecular flexibility index (Phi) is 8.33. The zero-order valence-electron chi connectivity index (χ0n) is 26.1. The van der Waals surface area contributed by atoms with E-state index in [9.17, 15) is 18.8 Å². The number of nitrogens with one attached hydrogen (secondary N) is 2. The molecule has 6 rings (SSSR count). The SMILES string of the molecule is Cc1cc(F)ccc1N1CCN(C(=O)N[C@@H](C(=O)N2CCc3ccc(CN(C)C)cc32)[C@H](C)c2c[nH]c3ccccc23)CC1=O. The molecular weight excluding hydrogens is 571 g/mol. The lowest BCUT2D eigenvalue weighted by Crippen LogP contribution is -2.59. The molecule has 0 spiro atoms. The molecule has 3 aromatic carbocycles. The van der Waals surface area contributed by atoms with Gasteiger partial charge in [0.1, 0.15) is 18.4 Å². The van der Waals surface area contributed by atoms with Gasteiger partial charge < -0.3 is 29.9 Å². The number of aromatic amines is 1. The van der Waals surface area contributed by atoms with E-state index in [1.807, 2.05) is 51.5 Å². The smallest absolute Gasteiger partial charge is 0.318 e. The molecule has 2 N–H and O–H groups in total. The van der Waals surface area contributed by atoms with Crippen LogP contribution in [-0.2, 0) is 22.6 Å². The first-order valence-electron chi connectivity index (χ1n) is 15.4. The number of hydrogen-bond acceptors (Lipinski definition) is 4. The van der Waals surface area contributed by atoms with Gasteiger partial charge in [-0.05, 0) is 80.0 Å². The molecule has 45 heavy (non-hydrogen) atoms. The minimum atomic E-state index is -0.882. The highest BCUT2D eigenvalue weighted by Gasteiger charge is 2.38. The summed E-state index contributed by atoms with van der Waals surface area (Å²) in [5.74, 6) is -1.18. The fourth-order valence-electron chi connectivity index (χ4n) is 6.58. The molecule has 1 fully saturated rings. The molecule has 9 nitrogen and oxygen atoms in total. The van der Waals surface area contributed by atoms with E-state index in [-0.39, 0.29) is 43.2 Å². The largest absolute Gasteiger partial charge is 0.361 e. The Morgan fingerprint density at radius 2 is 1.82 bits per heavy atom. The number of aromatic nitrogens is 1. The summed E-state index contributed by atoms with van der Waals surface area (Å²) in [6, 6.07) is 17.1. The number of H-pyrrole nitrogens is 1. The zero-order valence-corrected chi connectivity index (χ0v) is 26.1. The van der Waals surface area contributed by atoms with Gasteiger partial charge in [0.15, 0.2) is 0 Å². The first-order valence-corrected chi connectivity index (χ1v) is 15.4. The molecule has 4 aromatic rings. The van der Waals surface area contributed by atoms with E-state index in [0.717, 1.165) is 46.2 Å². The molecule has 234 valence electrons. The molecule has 2 aliphatic heterocycles. The highest BCUT2D eigenvalue weighted by molar-refractivity contribution is 6.03. The van der Waals surface area contributed by atoms with Crippen LogP contribution in [0.5, 0.6) is 0 Å². The summed E-state index contributed by atoms with van der Waals surface area (Å²) in [6.07, 6.45) is 2.65. The molecule has 0 radical (unpaired) electrons. The first kappa shape index (κ1) is 30.3. The number of halogens is 1. The third-order valence-electron chi connectivity index (χ3n) is 8.92. The normalized spacial score (nSPS) is 16.3. The van der Waals surface area contributed by atoms with Crippen molar-refractivity contribution in [2.24, 2.45) is 0 Å². The number of rotatable bonds is 7. The highest BCUT2D eigenvalue weighted by Crippen LogP contribution is 2.34. The fourth-order valence-corrected chi connectivity index (χ4v) is 6.58. The number of para-hydroxylation sites is 1. The minimum Gasteiger partial charge on any atom is -0.361 e. The van der Waals surface area contributed by atoms with E-state index >= 15 is 0 Å². The lowest BCUT2D eigenvalue weighted by atomic mass is 9.91. The third kappa shape index (κ3) is 6.02. The number of amides is 4. The van der Waals surface area contributed by atoms with E-state index in [1.165, 1.54) is 17.0 Å². The van der Waals surface area contributed by atoms with Gasteiger partial charge in [0.2, 0.25) is 11.8 Å². The summed E-state index contributed by atoms with van der Waals surface area (Å²) >= 11 is 0. The van der Waals surface area contributed by atoms with Crippen molar-refractivity contribution in [2.75, 3.05) is 50.1 Å². The van der Waals surface area contributed by atoms with Crippen molar-refractivity contribution in [3.05, 3.63) is 94.9 Å². The van der Waals surface area contributed by atoms with Gasteiger partial charge >= 0.3 is 6.03 Å². The van der Waals surface area contributed by atoms with Crippen molar-refractivity contribution >= 4 is 40.1 Å². The van der Waals surface area contributed by atoms with Crippen LogP contribution in [-0.4, -0.2) is 78.9 Å². The number of anilines is 2. The average Bonchev–Trinajstić information content (AvgIpc) is 3.63. The summed E-state index contributed by atoms with van der Waals surface area (Å²) in [4.78, 5) is 51.7. The Balaban J connectivity index is 1.26. The lowest BCUT2D eigenvalue weighted by Gasteiger charge is -2.36. The van der Waals surface area contributed by atoms with Crippen LogP contribution in [0.3, 0.4) is 0 Å². The maximum absolute atomic E-state index is 14.5. The molecule has 0 saturated carbocycles. The predicted molar refractivity (Wildman–Crippen MR) is 174 cm³/mol. The number of carbonyl (C=O) groups excluding carboxylic acids is 3. The number of benzene rings is 3. The van der Waals surface area contributed by atoms with Crippen LogP contribution in [0.1, 0.15) is 35.1 Å². The highest BCUT2D eigenvalue weighted by atomic mass is 19.1. The third-order valence-corrected chi connectivity index (χ3v) is 8.92. The van der Waals surface area contributed by atoms with E-state index in [1.54, 1.807) is 22.8 Å². The van der Waals surface area contributed by atoms with Crippen molar-refractivity contribution in [1.29, 1.82) is 0 Å². The van der Waals surface area contributed by atoms with Crippen molar-refractivity contribution in [2.45, 2.75) is 38.8 Å². The van der Waals surface area contributed by atoms with E-state index in [0.29, 0.717) is 17.8 Å². The average molecular weight is 611 g/mol. The molecular formula is C35H39FN6O3. The van der Waals surface area contributed by atoms with Gasteiger partial charge in [-0.25, -0.2) is 9.18 Å². The summed E-state index contributed by atoms with van der Waals surface area (Å²) in [5, 5.41) is 4.03. The Labute approximate surface area is 262 Å². The maximum Gasteiger partial charge on any atom is 0.318 e. The number of carbonyl (C=O) groups is 3. The minimum absolute atomic E-state index is 0.147. The van der Waals surface area contributed by atoms with Gasteiger partial charge in [0.05, 0.1) is 0 Å². The van der Waals surface area contributed by atoms with Gasteiger partial charge in [-0.15, -0.1) is 0 Å². The molecule has 1 saturated heterocycles. The lowest BCUT2D eigenvalue weighted by molar-refractivity contribution is -0.120. The van der Waals surface area contributed by atoms with Crippen molar-refractivity contribution in [3.63, 3.8) is 0 Å². The zero-order chi connectivity index (χ0) is 31.8. The van der Waals surface area contributed by atoms with E-state index in [2.05, 4.69) is 33.4 Å².